The Morgan fingerprint density at radius 1 is 0.917 bits per heavy atom. The normalized spacial score (nSPS) is 14.8. The molecule has 0 unspecified atom stereocenters. The first-order valence-electron chi connectivity index (χ1n) is 8.40. The van der Waals surface area contributed by atoms with Crippen molar-refractivity contribution in [1.82, 2.24) is 19.9 Å². The molecule has 3 aromatic rings. The summed E-state index contributed by atoms with van der Waals surface area (Å²) in [7, 11) is 0. The minimum absolute atomic E-state index is 0.681. The Morgan fingerprint density at radius 2 is 1.75 bits per heavy atom. The summed E-state index contributed by atoms with van der Waals surface area (Å²) in [5.74, 6) is 1.89. The molecule has 0 saturated carbocycles. The summed E-state index contributed by atoms with van der Waals surface area (Å²) in [5.41, 5.74) is 1.90. The lowest BCUT2D eigenvalue weighted by Gasteiger charge is -2.29. The summed E-state index contributed by atoms with van der Waals surface area (Å²) < 4.78 is 0. The van der Waals surface area contributed by atoms with Crippen molar-refractivity contribution in [3.8, 4) is 0 Å². The smallest absolute Gasteiger partial charge is 0.164 e. The quantitative estimate of drug-likeness (QED) is 0.797. The summed E-state index contributed by atoms with van der Waals surface area (Å²) in [6, 6.07) is 8.01. The van der Waals surface area contributed by atoms with E-state index in [0.29, 0.717) is 12.2 Å². The van der Waals surface area contributed by atoms with Gasteiger partial charge in [-0.15, -0.1) is 0 Å². The molecule has 24 heavy (non-hydrogen) atoms. The first-order valence-corrected chi connectivity index (χ1v) is 8.40. The number of pyridine rings is 2. The molecule has 0 amide bonds. The second-order valence-electron chi connectivity index (χ2n) is 5.98. The maximum atomic E-state index is 4.62. The fourth-order valence-corrected chi connectivity index (χ4v) is 3.17. The molecular weight excluding hydrogens is 300 g/mol. The van der Waals surface area contributed by atoms with E-state index in [0.717, 1.165) is 30.1 Å². The number of anilines is 2. The number of aromatic nitrogens is 4. The van der Waals surface area contributed by atoms with Crippen LogP contribution in [0.2, 0.25) is 0 Å². The Labute approximate surface area is 141 Å². The molecule has 1 fully saturated rings. The Kier molecular flexibility index (Phi) is 4.18. The lowest BCUT2D eigenvalue weighted by atomic mass is 10.1. The van der Waals surface area contributed by atoms with E-state index >= 15 is 0 Å². The van der Waals surface area contributed by atoms with Crippen LogP contribution in [0.5, 0.6) is 0 Å². The summed E-state index contributed by atoms with van der Waals surface area (Å²) >= 11 is 0. The third-order valence-electron chi connectivity index (χ3n) is 4.38. The molecule has 3 aromatic heterocycles. The van der Waals surface area contributed by atoms with E-state index in [1.807, 2.05) is 24.4 Å². The van der Waals surface area contributed by atoms with Crippen LogP contribution in [0, 0.1) is 0 Å². The predicted molar refractivity (Wildman–Crippen MR) is 95.0 cm³/mol. The minimum atomic E-state index is 0.681. The van der Waals surface area contributed by atoms with E-state index in [1.165, 1.54) is 24.8 Å². The van der Waals surface area contributed by atoms with Crippen molar-refractivity contribution in [2.75, 3.05) is 23.3 Å². The number of rotatable bonds is 4. The van der Waals surface area contributed by atoms with Crippen LogP contribution in [0.25, 0.3) is 11.0 Å². The van der Waals surface area contributed by atoms with Gasteiger partial charge in [0.05, 0.1) is 5.39 Å². The summed E-state index contributed by atoms with van der Waals surface area (Å²) in [6.07, 6.45) is 8.97. The lowest BCUT2D eigenvalue weighted by molar-refractivity contribution is 0.572. The molecule has 1 N–H and O–H groups in total. The maximum absolute atomic E-state index is 4.62. The SMILES string of the molecule is c1cnc(N2CCCCC2)c(CNc2ncnc3ncccc23)c1. The molecule has 6 heteroatoms. The predicted octanol–water partition coefficient (Wildman–Crippen LogP) is 3.02. The number of nitrogens with zero attached hydrogens (tertiary/aromatic N) is 5. The highest BCUT2D eigenvalue weighted by atomic mass is 15.2. The molecule has 0 radical (unpaired) electrons. The third-order valence-corrected chi connectivity index (χ3v) is 4.38. The molecule has 4 rings (SSSR count). The molecule has 4 heterocycles. The van der Waals surface area contributed by atoms with Crippen molar-refractivity contribution in [1.29, 1.82) is 0 Å². The topological polar surface area (TPSA) is 66.8 Å². The van der Waals surface area contributed by atoms with Gasteiger partial charge in [-0.25, -0.2) is 19.9 Å². The van der Waals surface area contributed by atoms with Crippen LogP contribution in [0.4, 0.5) is 11.6 Å². The molecular formula is C18H20N6. The van der Waals surface area contributed by atoms with Crippen LogP contribution in [0.1, 0.15) is 24.8 Å². The van der Waals surface area contributed by atoms with Crippen LogP contribution in [0.3, 0.4) is 0 Å². The number of hydrogen-bond donors (Lipinski definition) is 1. The lowest BCUT2D eigenvalue weighted by Crippen LogP contribution is -2.31. The highest BCUT2D eigenvalue weighted by Gasteiger charge is 2.15. The van der Waals surface area contributed by atoms with Crippen LogP contribution >= 0.6 is 0 Å². The third kappa shape index (κ3) is 2.99. The largest absolute Gasteiger partial charge is 0.365 e. The second-order valence-corrected chi connectivity index (χ2v) is 5.98. The number of piperidine rings is 1. The van der Waals surface area contributed by atoms with Gasteiger partial charge >= 0.3 is 0 Å². The Bertz CT molecular complexity index is 823. The molecule has 0 aromatic carbocycles. The van der Waals surface area contributed by atoms with Crippen LogP contribution in [-0.2, 0) is 6.54 Å². The van der Waals surface area contributed by atoms with Gasteiger partial charge in [-0.3, -0.25) is 0 Å². The molecule has 122 valence electrons. The van der Waals surface area contributed by atoms with Gasteiger partial charge in [-0.1, -0.05) is 6.07 Å². The van der Waals surface area contributed by atoms with E-state index < -0.39 is 0 Å². The van der Waals surface area contributed by atoms with Crippen molar-refractivity contribution in [2.45, 2.75) is 25.8 Å². The van der Waals surface area contributed by atoms with Gasteiger partial charge in [0.1, 0.15) is 18.0 Å². The van der Waals surface area contributed by atoms with Crippen molar-refractivity contribution < 1.29 is 0 Å². The van der Waals surface area contributed by atoms with Crippen molar-refractivity contribution in [3.63, 3.8) is 0 Å². The zero-order valence-electron chi connectivity index (χ0n) is 13.5. The first-order chi connectivity index (χ1) is 11.9. The van der Waals surface area contributed by atoms with Gasteiger partial charge in [0.25, 0.3) is 0 Å². The van der Waals surface area contributed by atoms with E-state index in [-0.39, 0.29) is 0 Å². The van der Waals surface area contributed by atoms with Crippen LogP contribution < -0.4 is 10.2 Å². The zero-order chi connectivity index (χ0) is 16.2. The summed E-state index contributed by atoms with van der Waals surface area (Å²) in [6.45, 7) is 2.86. The highest BCUT2D eigenvalue weighted by Crippen LogP contribution is 2.23. The Hall–Kier alpha value is -2.76. The minimum Gasteiger partial charge on any atom is -0.365 e. The van der Waals surface area contributed by atoms with Gasteiger partial charge < -0.3 is 10.2 Å². The van der Waals surface area contributed by atoms with Gasteiger partial charge in [0.2, 0.25) is 0 Å². The Morgan fingerprint density at radius 3 is 2.67 bits per heavy atom. The van der Waals surface area contributed by atoms with Crippen LogP contribution in [-0.4, -0.2) is 33.0 Å². The summed E-state index contributed by atoms with van der Waals surface area (Å²) in [5, 5.41) is 4.36. The number of nitrogens with one attached hydrogen (secondary N) is 1. The monoisotopic (exact) mass is 320 g/mol. The van der Waals surface area contributed by atoms with E-state index in [1.54, 1.807) is 12.5 Å². The zero-order valence-corrected chi connectivity index (χ0v) is 13.5. The molecule has 1 aliphatic heterocycles. The molecule has 6 nitrogen and oxygen atoms in total. The van der Waals surface area contributed by atoms with E-state index in [2.05, 4.69) is 36.2 Å². The van der Waals surface area contributed by atoms with Crippen molar-refractivity contribution in [3.05, 3.63) is 48.5 Å². The Balaban J connectivity index is 1.57. The molecule has 0 aliphatic carbocycles. The van der Waals surface area contributed by atoms with Gasteiger partial charge in [0, 0.05) is 37.6 Å². The van der Waals surface area contributed by atoms with Gasteiger partial charge in [-0.05, 0) is 37.5 Å². The van der Waals surface area contributed by atoms with Crippen LogP contribution in [0.15, 0.2) is 43.0 Å². The molecule has 1 aliphatic rings. The van der Waals surface area contributed by atoms with Crippen molar-refractivity contribution in [2.24, 2.45) is 0 Å². The van der Waals surface area contributed by atoms with Gasteiger partial charge in [0.15, 0.2) is 5.65 Å². The van der Waals surface area contributed by atoms with Gasteiger partial charge in [-0.2, -0.15) is 0 Å². The number of fused-ring (bicyclic) bond motifs is 1. The highest BCUT2D eigenvalue weighted by molar-refractivity contribution is 5.85. The molecule has 1 saturated heterocycles. The average Bonchev–Trinajstić information content (AvgIpc) is 2.67. The molecule has 0 atom stereocenters. The molecule has 0 bridgehead atoms. The molecule has 0 spiro atoms. The maximum Gasteiger partial charge on any atom is 0.164 e. The van der Waals surface area contributed by atoms with Crippen molar-refractivity contribution >= 4 is 22.7 Å². The standard InChI is InChI=1S/C18H20N6/c1-2-10-24(11-3-1)18-14(6-4-9-20-18)12-21-17-15-7-5-8-19-16(15)22-13-23-17/h4-9,13H,1-3,10-12H2,(H,19,21,22,23). The van der Waals surface area contributed by atoms with E-state index in [9.17, 15) is 0 Å². The average molecular weight is 320 g/mol. The van der Waals surface area contributed by atoms with E-state index in [4.69, 9.17) is 0 Å². The first kappa shape index (κ1) is 14.8. The number of hydrogen-bond acceptors (Lipinski definition) is 6. The fourth-order valence-electron chi connectivity index (χ4n) is 3.17. The second kappa shape index (κ2) is 6.78. The summed E-state index contributed by atoms with van der Waals surface area (Å²) in [4.78, 5) is 19.9. The fraction of sp³-hybridized carbons (Fsp3) is 0.333.